The van der Waals surface area contributed by atoms with Crippen molar-refractivity contribution in [1.82, 2.24) is 0 Å². The summed E-state index contributed by atoms with van der Waals surface area (Å²) in [6.45, 7) is 8.65. The summed E-state index contributed by atoms with van der Waals surface area (Å²) in [5, 5.41) is 3.05. The van der Waals surface area contributed by atoms with E-state index in [0.717, 1.165) is 11.3 Å². The average molecular weight is 310 g/mol. The fraction of sp³-hybridized carbons (Fsp3) is 0.350. The van der Waals surface area contributed by atoms with Crippen molar-refractivity contribution in [2.24, 2.45) is 0 Å². The number of rotatable bonds is 5. The molecule has 0 aromatic heterocycles. The summed E-state index contributed by atoms with van der Waals surface area (Å²) < 4.78 is 0. The summed E-state index contributed by atoms with van der Waals surface area (Å²) in [6, 6.07) is 13.7. The van der Waals surface area contributed by atoms with Gasteiger partial charge >= 0.3 is 0 Å². The van der Waals surface area contributed by atoms with Crippen molar-refractivity contribution in [3.05, 3.63) is 59.2 Å². The van der Waals surface area contributed by atoms with Gasteiger partial charge in [0.15, 0.2) is 0 Å². The molecule has 0 unspecified atom stereocenters. The number of nitrogens with two attached hydrogens (primary N) is 1. The number of anilines is 2. The molecule has 0 radical (unpaired) electrons. The highest BCUT2D eigenvalue weighted by Gasteiger charge is 2.12. The van der Waals surface area contributed by atoms with Crippen molar-refractivity contribution in [2.45, 2.75) is 46.0 Å². The van der Waals surface area contributed by atoms with Gasteiger partial charge < -0.3 is 11.1 Å². The van der Waals surface area contributed by atoms with Crippen molar-refractivity contribution < 1.29 is 4.79 Å². The number of carbonyl (C=O) groups is 1. The minimum Gasteiger partial charge on any atom is -0.399 e. The number of nitrogens with one attached hydrogen (secondary N) is 1. The smallest absolute Gasteiger partial charge is 0.228 e. The van der Waals surface area contributed by atoms with Crippen LogP contribution in [0.4, 0.5) is 11.4 Å². The Labute approximate surface area is 138 Å². The van der Waals surface area contributed by atoms with Crippen LogP contribution in [0.3, 0.4) is 0 Å². The van der Waals surface area contributed by atoms with E-state index < -0.39 is 0 Å². The highest BCUT2D eigenvalue weighted by atomic mass is 16.1. The molecule has 0 spiro atoms. The van der Waals surface area contributed by atoms with Gasteiger partial charge in [-0.05, 0) is 46.7 Å². The molecule has 0 fully saturated rings. The molecule has 0 aliphatic heterocycles. The molecular formula is C20H26N2O. The van der Waals surface area contributed by atoms with Crippen molar-refractivity contribution in [1.29, 1.82) is 0 Å². The van der Waals surface area contributed by atoms with E-state index in [4.69, 9.17) is 5.73 Å². The summed E-state index contributed by atoms with van der Waals surface area (Å²) >= 11 is 0. The predicted molar refractivity (Wildman–Crippen MR) is 97.8 cm³/mol. The largest absolute Gasteiger partial charge is 0.399 e. The van der Waals surface area contributed by atoms with Crippen molar-refractivity contribution >= 4 is 17.3 Å². The second kappa shape index (κ2) is 7.32. The lowest BCUT2D eigenvalue weighted by Gasteiger charge is -2.17. The van der Waals surface area contributed by atoms with Crippen molar-refractivity contribution in [3.8, 4) is 0 Å². The lowest BCUT2D eigenvalue weighted by atomic mass is 9.94. The van der Waals surface area contributed by atoms with E-state index in [9.17, 15) is 4.79 Å². The van der Waals surface area contributed by atoms with E-state index in [-0.39, 0.29) is 5.91 Å². The zero-order valence-electron chi connectivity index (χ0n) is 14.4. The predicted octanol–water partition coefficient (Wildman–Crippen LogP) is 4.70. The Morgan fingerprint density at radius 2 is 1.65 bits per heavy atom. The van der Waals surface area contributed by atoms with Crippen molar-refractivity contribution in [3.63, 3.8) is 0 Å². The minimum absolute atomic E-state index is 0.00558. The Morgan fingerprint density at radius 1 is 1.00 bits per heavy atom. The maximum absolute atomic E-state index is 12.3. The Kier molecular flexibility index (Phi) is 5.43. The number of carbonyl (C=O) groups excluding carboxylic acids is 1. The molecule has 3 heteroatoms. The molecule has 0 aliphatic rings. The van der Waals surface area contributed by atoms with E-state index in [1.165, 1.54) is 11.1 Å². The average Bonchev–Trinajstić information content (AvgIpc) is 2.49. The Balaban J connectivity index is 2.15. The monoisotopic (exact) mass is 310 g/mol. The van der Waals surface area contributed by atoms with Gasteiger partial charge in [0.25, 0.3) is 0 Å². The highest BCUT2D eigenvalue weighted by Crippen LogP contribution is 2.28. The fourth-order valence-electron chi connectivity index (χ4n) is 2.55. The van der Waals surface area contributed by atoms with Gasteiger partial charge in [-0.25, -0.2) is 0 Å². The maximum Gasteiger partial charge on any atom is 0.228 e. The Hall–Kier alpha value is -2.29. The van der Waals surface area contributed by atoms with Crippen LogP contribution in [0.5, 0.6) is 0 Å². The molecule has 0 heterocycles. The van der Waals surface area contributed by atoms with E-state index in [0.29, 0.717) is 23.9 Å². The molecule has 3 N–H and O–H groups in total. The summed E-state index contributed by atoms with van der Waals surface area (Å²) in [4.78, 5) is 12.3. The fourth-order valence-corrected chi connectivity index (χ4v) is 2.55. The zero-order valence-corrected chi connectivity index (χ0v) is 14.4. The quantitative estimate of drug-likeness (QED) is 0.787. The topological polar surface area (TPSA) is 55.1 Å². The first kappa shape index (κ1) is 17.1. The summed E-state index contributed by atoms with van der Waals surface area (Å²) in [7, 11) is 0. The van der Waals surface area contributed by atoms with Crippen LogP contribution in [-0.4, -0.2) is 5.91 Å². The third-order valence-corrected chi connectivity index (χ3v) is 3.98. The molecule has 122 valence electrons. The van der Waals surface area contributed by atoms with Crippen molar-refractivity contribution in [2.75, 3.05) is 11.1 Å². The molecule has 2 aromatic carbocycles. The number of benzene rings is 2. The van der Waals surface area contributed by atoms with Gasteiger partial charge in [-0.1, -0.05) is 52.0 Å². The standard InChI is InChI=1S/C20H26N2O/c1-13(2)16-7-10-19(18(12-16)14(3)4)22-20(23)11-15-5-8-17(21)9-6-15/h5-10,12-14H,11,21H2,1-4H3,(H,22,23). The lowest BCUT2D eigenvalue weighted by molar-refractivity contribution is -0.115. The van der Waals surface area contributed by atoms with Gasteiger partial charge in [0.2, 0.25) is 5.91 Å². The van der Waals surface area contributed by atoms with Crippen LogP contribution in [0.25, 0.3) is 0 Å². The van der Waals surface area contributed by atoms with Gasteiger partial charge in [-0.2, -0.15) is 0 Å². The first-order chi connectivity index (χ1) is 10.9. The zero-order chi connectivity index (χ0) is 17.0. The molecule has 0 saturated carbocycles. The lowest BCUT2D eigenvalue weighted by Crippen LogP contribution is -2.16. The van der Waals surface area contributed by atoms with Gasteiger partial charge in [0.05, 0.1) is 6.42 Å². The number of nitrogen functional groups attached to an aromatic ring is 1. The van der Waals surface area contributed by atoms with Gasteiger partial charge in [0, 0.05) is 11.4 Å². The molecule has 0 atom stereocenters. The molecule has 0 aliphatic carbocycles. The SMILES string of the molecule is CC(C)c1ccc(NC(=O)Cc2ccc(N)cc2)c(C(C)C)c1. The molecule has 2 rings (SSSR count). The molecule has 0 bridgehead atoms. The minimum atomic E-state index is -0.00558. The van der Waals surface area contributed by atoms with Crippen LogP contribution < -0.4 is 11.1 Å². The number of hydrogen-bond acceptors (Lipinski definition) is 2. The van der Waals surface area contributed by atoms with Crippen LogP contribution in [0, 0.1) is 0 Å². The van der Waals surface area contributed by atoms with Crippen LogP contribution in [0.1, 0.15) is 56.2 Å². The maximum atomic E-state index is 12.3. The van der Waals surface area contributed by atoms with Crippen LogP contribution in [0.2, 0.25) is 0 Å². The summed E-state index contributed by atoms with van der Waals surface area (Å²) in [5.41, 5.74) is 10.7. The van der Waals surface area contributed by atoms with E-state index in [2.05, 4.69) is 45.1 Å². The van der Waals surface area contributed by atoms with E-state index in [1.807, 2.05) is 30.3 Å². The van der Waals surface area contributed by atoms with Crippen LogP contribution >= 0.6 is 0 Å². The normalized spacial score (nSPS) is 11.0. The summed E-state index contributed by atoms with van der Waals surface area (Å²) in [5.74, 6) is 0.835. The number of hydrogen-bond donors (Lipinski definition) is 2. The second-order valence-corrected chi connectivity index (χ2v) is 6.62. The number of amides is 1. The molecule has 1 amide bonds. The molecule has 0 saturated heterocycles. The third-order valence-electron chi connectivity index (χ3n) is 3.98. The second-order valence-electron chi connectivity index (χ2n) is 6.62. The van der Waals surface area contributed by atoms with Crippen LogP contribution in [-0.2, 0) is 11.2 Å². The third kappa shape index (κ3) is 4.59. The first-order valence-electron chi connectivity index (χ1n) is 8.15. The van der Waals surface area contributed by atoms with Gasteiger partial charge in [-0.15, -0.1) is 0 Å². The molecule has 3 nitrogen and oxygen atoms in total. The molecule has 2 aromatic rings. The van der Waals surface area contributed by atoms with E-state index >= 15 is 0 Å². The molecular weight excluding hydrogens is 284 g/mol. The van der Waals surface area contributed by atoms with Gasteiger partial charge in [0.1, 0.15) is 0 Å². The molecule has 23 heavy (non-hydrogen) atoms. The van der Waals surface area contributed by atoms with Gasteiger partial charge in [-0.3, -0.25) is 4.79 Å². The summed E-state index contributed by atoms with van der Waals surface area (Å²) in [6.07, 6.45) is 0.351. The Morgan fingerprint density at radius 3 is 2.22 bits per heavy atom. The Bertz CT molecular complexity index is 673. The first-order valence-corrected chi connectivity index (χ1v) is 8.15. The highest BCUT2D eigenvalue weighted by molar-refractivity contribution is 5.93. The van der Waals surface area contributed by atoms with Crippen LogP contribution in [0.15, 0.2) is 42.5 Å². The van der Waals surface area contributed by atoms with E-state index in [1.54, 1.807) is 0 Å².